The van der Waals surface area contributed by atoms with Crippen LogP contribution >= 0.6 is 0 Å². The van der Waals surface area contributed by atoms with E-state index in [-0.39, 0.29) is 6.04 Å². The first-order chi connectivity index (χ1) is 9.11. The molecule has 0 bridgehead atoms. The summed E-state index contributed by atoms with van der Waals surface area (Å²) in [5.41, 5.74) is 9.77. The van der Waals surface area contributed by atoms with Gasteiger partial charge in [0.15, 0.2) is 0 Å². The highest BCUT2D eigenvalue weighted by molar-refractivity contribution is 5.42. The molecule has 0 saturated heterocycles. The number of hydrogen-bond acceptors (Lipinski definition) is 3. The van der Waals surface area contributed by atoms with E-state index in [1.165, 1.54) is 11.1 Å². The summed E-state index contributed by atoms with van der Waals surface area (Å²) in [6, 6.07) is 8.09. The van der Waals surface area contributed by atoms with E-state index in [0.29, 0.717) is 0 Å². The van der Waals surface area contributed by atoms with Crippen LogP contribution < -0.4 is 10.5 Å². The van der Waals surface area contributed by atoms with Crippen molar-refractivity contribution in [2.24, 2.45) is 5.73 Å². The van der Waals surface area contributed by atoms with E-state index in [2.05, 4.69) is 19.1 Å². The number of furan rings is 1. The molecule has 0 amide bonds. The summed E-state index contributed by atoms with van der Waals surface area (Å²) in [5.74, 6) is 1.90. The molecule has 0 radical (unpaired) electrons. The van der Waals surface area contributed by atoms with Crippen molar-refractivity contribution in [3.63, 3.8) is 0 Å². The van der Waals surface area contributed by atoms with Crippen LogP contribution in [0.3, 0.4) is 0 Å². The van der Waals surface area contributed by atoms with Crippen LogP contribution in [0.5, 0.6) is 5.75 Å². The molecule has 1 heterocycles. The Hall–Kier alpha value is -1.74. The largest absolute Gasteiger partial charge is 0.496 e. The van der Waals surface area contributed by atoms with Crippen LogP contribution in [0, 0.1) is 13.8 Å². The number of aryl methyl sites for hydroxylation is 3. The summed E-state index contributed by atoms with van der Waals surface area (Å²) in [7, 11) is 1.69. The van der Waals surface area contributed by atoms with Crippen molar-refractivity contribution in [1.29, 1.82) is 0 Å². The lowest BCUT2D eigenvalue weighted by molar-refractivity contribution is 0.411. The summed E-state index contributed by atoms with van der Waals surface area (Å²) in [5, 5.41) is 0. The first-order valence-electron chi connectivity index (χ1n) is 6.55. The molecular formula is C16H21NO2. The predicted octanol–water partition coefficient (Wildman–Crippen LogP) is 3.54. The van der Waals surface area contributed by atoms with Gasteiger partial charge in [0.1, 0.15) is 11.5 Å². The zero-order chi connectivity index (χ0) is 13.8. The first-order valence-corrected chi connectivity index (χ1v) is 6.55. The third-order valence-electron chi connectivity index (χ3n) is 3.46. The van der Waals surface area contributed by atoms with E-state index in [9.17, 15) is 0 Å². The van der Waals surface area contributed by atoms with Crippen LogP contribution in [-0.4, -0.2) is 7.11 Å². The molecule has 1 aromatic carbocycles. The Morgan fingerprint density at radius 3 is 2.68 bits per heavy atom. The zero-order valence-electron chi connectivity index (χ0n) is 11.8. The molecule has 0 aliphatic heterocycles. The predicted molar refractivity (Wildman–Crippen MR) is 76.4 cm³/mol. The molecule has 0 aliphatic rings. The molecule has 2 rings (SSSR count). The van der Waals surface area contributed by atoms with Gasteiger partial charge in [-0.1, -0.05) is 6.07 Å². The number of ether oxygens (including phenoxy) is 1. The molecule has 1 unspecified atom stereocenters. The molecule has 2 N–H and O–H groups in total. The van der Waals surface area contributed by atoms with Gasteiger partial charge in [0.2, 0.25) is 0 Å². The smallest absolute Gasteiger partial charge is 0.122 e. The minimum atomic E-state index is 0.0229. The molecule has 3 nitrogen and oxygen atoms in total. The Kier molecular flexibility index (Phi) is 4.27. The van der Waals surface area contributed by atoms with Crippen LogP contribution in [-0.2, 0) is 6.42 Å². The van der Waals surface area contributed by atoms with Crippen molar-refractivity contribution in [1.82, 2.24) is 0 Å². The quantitative estimate of drug-likeness (QED) is 0.893. The van der Waals surface area contributed by atoms with Gasteiger partial charge >= 0.3 is 0 Å². The van der Waals surface area contributed by atoms with Crippen LogP contribution in [0.15, 0.2) is 34.9 Å². The van der Waals surface area contributed by atoms with Gasteiger partial charge in [0, 0.05) is 12.5 Å². The summed E-state index contributed by atoms with van der Waals surface area (Å²) in [4.78, 5) is 0. The topological polar surface area (TPSA) is 48.4 Å². The Bertz CT molecular complexity index is 532. The van der Waals surface area contributed by atoms with Gasteiger partial charge in [-0.05, 0) is 55.2 Å². The summed E-state index contributed by atoms with van der Waals surface area (Å²) in [6.45, 7) is 4.12. The van der Waals surface area contributed by atoms with Gasteiger partial charge in [0.25, 0.3) is 0 Å². The molecule has 1 aromatic heterocycles. The third-order valence-corrected chi connectivity index (χ3v) is 3.46. The van der Waals surface area contributed by atoms with Crippen LogP contribution in [0.25, 0.3) is 0 Å². The Balaban J connectivity index is 2.10. The van der Waals surface area contributed by atoms with E-state index in [4.69, 9.17) is 14.9 Å². The fraction of sp³-hybridized carbons (Fsp3) is 0.375. The number of nitrogens with two attached hydrogens (primary N) is 1. The van der Waals surface area contributed by atoms with Gasteiger partial charge in [-0.3, -0.25) is 0 Å². The van der Waals surface area contributed by atoms with E-state index in [1.807, 2.05) is 19.1 Å². The molecule has 0 aliphatic carbocycles. The SMILES string of the molecule is COc1cc(C)c(C(N)CCc2ccco2)cc1C. The maximum atomic E-state index is 6.29. The fourth-order valence-corrected chi connectivity index (χ4v) is 2.34. The fourth-order valence-electron chi connectivity index (χ4n) is 2.34. The van der Waals surface area contributed by atoms with Crippen molar-refractivity contribution in [2.45, 2.75) is 32.7 Å². The van der Waals surface area contributed by atoms with Crippen molar-refractivity contribution in [3.05, 3.63) is 53.0 Å². The summed E-state index contributed by atoms with van der Waals surface area (Å²) < 4.78 is 10.7. The molecule has 2 aromatic rings. The minimum Gasteiger partial charge on any atom is -0.496 e. The van der Waals surface area contributed by atoms with Gasteiger partial charge in [0.05, 0.1) is 13.4 Å². The second-order valence-corrected chi connectivity index (χ2v) is 4.90. The maximum absolute atomic E-state index is 6.29. The van der Waals surface area contributed by atoms with Gasteiger partial charge in [-0.15, -0.1) is 0 Å². The average molecular weight is 259 g/mol. The highest BCUT2D eigenvalue weighted by atomic mass is 16.5. The Labute approximate surface area is 114 Å². The van der Waals surface area contributed by atoms with E-state index in [0.717, 1.165) is 29.9 Å². The lowest BCUT2D eigenvalue weighted by atomic mass is 9.95. The first kappa shape index (κ1) is 13.7. The van der Waals surface area contributed by atoms with Crippen molar-refractivity contribution < 1.29 is 9.15 Å². The molecular weight excluding hydrogens is 238 g/mol. The normalized spacial score (nSPS) is 12.4. The molecule has 3 heteroatoms. The standard InChI is InChI=1S/C16H21NO2/c1-11-10-16(18-3)12(2)9-14(11)15(17)7-6-13-5-4-8-19-13/h4-5,8-10,15H,6-7,17H2,1-3H3. The number of benzene rings is 1. The van der Waals surface area contributed by atoms with Crippen molar-refractivity contribution >= 4 is 0 Å². The van der Waals surface area contributed by atoms with Gasteiger partial charge < -0.3 is 14.9 Å². The van der Waals surface area contributed by atoms with Crippen LogP contribution in [0.4, 0.5) is 0 Å². The summed E-state index contributed by atoms with van der Waals surface area (Å²) in [6.07, 6.45) is 3.43. The molecule has 1 atom stereocenters. The van der Waals surface area contributed by atoms with Gasteiger partial charge in [-0.25, -0.2) is 0 Å². The Morgan fingerprint density at radius 1 is 1.26 bits per heavy atom. The third kappa shape index (κ3) is 3.18. The Morgan fingerprint density at radius 2 is 2.05 bits per heavy atom. The summed E-state index contributed by atoms with van der Waals surface area (Å²) >= 11 is 0. The highest BCUT2D eigenvalue weighted by Crippen LogP contribution is 2.27. The van der Waals surface area contributed by atoms with Gasteiger partial charge in [-0.2, -0.15) is 0 Å². The molecule has 102 valence electrons. The number of hydrogen-bond donors (Lipinski definition) is 1. The highest BCUT2D eigenvalue weighted by Gasteiger charge is 2.12. The minimum absolute atomic E-state index is 0.0229. The van der Waals surface area contributed by atoms with E-state index < -0.39 is 0 Å². The second-order valence-electron chi connectivity index (χ2n) is 4.90. The maximum Gasteiger partial charge on any atom is 0.122 e. The molecule has 0 saturated carbocycles. The molecule has 0 fully saturated rings. The van der Waals surface area contributed by atoms with E-state index >= 15 is 0 Å². The average Bonchev–Trinajstić information content (AvgIpc) is 2.91. The monoisotopic (exact) mass is 259 g/mol. The molecule has 0 spiro atoms. The number of rotatable bonds is 5. The van der Waals surface area contributed by atoms with E-state index in [1.54, 1.807) is 13.4 Å². The lowest BCUT2D eigenvalue weighted by Crippen LogP contribution is -2.13. The molecule has 19 heavy (non-hydrogen) atoms. The zero-order valence-corrected chi connectivity index (χ0v) is 11.8. The van der Waals surface area contributed by atoms with Crippen LogP contribution in [0.1, 0.15) is 34.9 Å². The van der Waals surface area contributed by atoms with Crippen molar-refractivity contribution in [3.8, 4) is 5.75 Å². The van der Waals surface area contributed by atoms with Crippen LogP contribution in [0.2, 0.25) is 0 Å². The van der Waals surface area contributed by atoms with Crippen molar-refractivity contribution in [2.75, 3.05) is 7.11 Å². The second kappa shape index (κ2) is 5.93. The number of methoxy groups -OCH3 is 1. The lowest BCUT2D eigenvalue weighted by Gasteiger charge is -2.17.